The van der Waals surface area contributed by atoms with E-state index < -0.39 is 6.61 Å². The van der Waals surface area contributed by atoms with Crippen LogP contribution in [0, 0.1) is 0 Å². The quantitative estimate of drug-likeness (QED) is 0.476. The molecule has 0 atom stereocenters. The fourth-order valence-electron chi connectivity index (χ4n) is 3.39. The summed E-state index contributed by atoms with van der Waals surface area (Å²) in [4.78, 5) is 19.4. The molecule has 2 aromatic carbocycles. The number of thiazole rings is 1. The third kappa shape index (κ3) is 4.87. The predicted molar refractivity (Wildman–Crippen MR) is 111 cm³/mol. The monoisotopic (exact) mass is 432 g/mol. The second kappa shape index (κ2) is 8.95. The zero-order chi connectivity index (χ0) is 21.1. The average Bonchev–Trinajstić information content (AvgIpc) is 3.49. The van der Waals surface area contributed by atoms with Crippen molar-refractivity contribution in [2.75, 3.05) is 7.11 Å². The van der Waals surface area contributed by atoms with E-state index in [4.69, 9.17) is 4.74 Å². The van der Waals surface area contributed by atoms with Crippen LogP contribution in [0.5, 0.6) is 11.5 Å². The number of ether oxygens (including phenoxy) is 2. The lowest BCUT2D eigenvalue weighted by atomic mass is 10.1. The summed E-state index contributed by atoms with van der Waals surface area (Å²) >= 11 is 1.62. The number of nitrogens with zero attached hydrogens (tertiary/aromatic N) is 2. The lowest BCUT2D eigenvalue weighted by Gasteiger charge is -2.23. The Bertz CT molecular complexity index is 1000. The number of fused-ring (bicyclic) bond motifs is 1. The Balaban J connectivity index is 1.42. The van der Waals surface area contributed by atoms with Crippen molar-refractivity contribution in [1.29, 1.82) is 0 Å². The Kier molecular flexibility index (Phi) is 6.13. The van der Waals surface area contributed by atoms with Crippen molar-refractivity contribution < 1.29 is 23.0 Å². The summed E-state index contributed by atoms with van der Waals surface area (Å²) in [5.74, 6) is 0.283. The van der Waals surface area contributed by atoms with Gasteiger partial charge in [-0.3, -0.25) is 4.79 Å². The molecule has 8 heteroatoms. The van der Waals surface area contributed by atoms with Gasteiger partial charge in [-0.1, -0.05) is 18.2 Å². The summed E-state index contributed by atoms with van der Waals surface area (Å²) in [6.45, 7) is -2.51. The molecule has 158 valence electrons. The van der Waals surface area contributed by atoms with Crippen LogP contribution in [0.1, 0.15) is 29.8 Å². The predicted octanol–water partition coefficient (Wildman–Crippen LogP) is 5.03. The van der Waals surface area contributed by atoms with Crippen molar-refractivity contribution in [2.45, 2.75) is 44.9 Å². The minimum absolute atomic E-state index is 0.0172. The smallest absolute Gasteiger partial charge is 0.387 e. The van der Waals surface area contributed by atoms with Crippen molar-refractivity contribution >= 4 is 27.5 Å². The van der Waals surface area contributed by atoms with Crippen molar-refractivity contribution in [3.8, 4) is 11.5 Å². The molecule has 1 amide bonds. The summed E-state index contributed by atoms with van der Waals surface area (Å²) in [6.07, 6.45) is 2.96. The van der Waals surface area contributed by atoms with E-state index in [0.29, 0.717) is 19.4 Å². The Morgan fingerprint density at radius 2 is 2.03 bits per heavy atom. The highest BCUT2D eigenvalue weighted by atomic mass is 32.1. The maximum Gasteiger partial charge on any atom is 0.387 e. The molecule has 5 nitrogen and oxygen atoms in total. The number of rotatable bonds is 9. The molecule has 0 spiro atoms. The minimum atomic E-state index is -2.92. The van der Waals surface area contributed by atoms with Gasteiger partial charge in [-0.2, -0.15) is 8.78 Å². The fourth-order valence-corrected chi connectivity index (χ4v) is 4.36. The van der Waals surface area contributed by atoms with Crippen molar-refractivity contribution in [1.82, 2.24) is 9.88 Å². The van der Waals surface area contributed by atoms with Gasteiger partial charge in [-0.05, 0) is 42.7 Å². The molecule has 0 radical (unpaired) electrons. The first kappa shape index (κ1) is 20.5. The molecule has 0 saturated heterocycles. The number of para-hydroxylation sites is 1. The van der Waals surface area contributed by atoms with Crippen molar-refractivity contribution in [3.05, 3.63) is 53.0 Å². The third-order valence-electron chi connectivity index (χ3n) is 5.00. The van der Waals surface area contributed by atoms with E-state index in [0.717, 1.165) is 33.6 Å². The second-order valence-corrected chi connectivity index (χ2v) is 8.31. The Hall–Kier alpha value is -2.74. The molecule has 0 N–H and O–H groups in total. The van der Waals surface area contributed by atoms with Gasteiger partial charge in [-0.25, -0.2) is 4.98 Å². The molecule has 4 rings (SSSR count). The van der Waals surface area contributed by atoms with Gasteiger partial charge in [0.2, 0.25) is 5.91 Å². The van der Waals surface area contributed by atoms with Crippen LogP contribution in [-0.2, 0) is 17.8 Å². The molecule has 1 fully saturated rings. The number of carbonyl (C=O) groups excluding carboxylic acids is 1. The van der Waals surface area contributed by atoms with Crippen molar-refractivity contribution in [2.24, 2.45) is 0 Å². The highest BCUT2D eigenvalue weighted by molar-refractivity contribution is 7.18. The second-order valence-electron chi connectivity index (χ2n) is 7.19. The van der Waals surface area contributed by atoms with E-state index in [2.05, 4.69) is 9.72 Å². The number of carbonyl (C=O) groups is 1. The molecule has 30 heavy (non-hydrogen) atoms. The maximum absolute atomic E-state index is 12.9. The number of benzene rings is 2. The topological polar surface area (TPSA) is 51.7 Å². The number of alkyl halides is 2. The number of aryl methyl sites for hydroxylation is 1. The van der Waals surface area contributed by atoms with Crippen LogP contribution >= 0.6 is 11.3 Å². The van der Waals surface area contributed by atoms with Crippen LogP contribution in [0.4, 0.5) is 8.78 Å². The Labute approximate surface area is 177 Å². The number of hydrogen-bond acceptors (Lipinski definition) is 5. The normalized spacial score (nSPS) is 13.6. The zero-order valence-corrected chi connectivity index (χ0v) is 17.3. The van der Waals surface area contributed by atoms with Crippen LogP contribution < -0.4 is 9.47 Å². The third-order valence-corrected chi connectivity index (χ3v) is 6.09. The number of methoxy groups -OCH3 is 1. The number of halogens is 2. The minimum Gasteiger partial charge on any atom is -0.493 e. The van der Waals surface area contributed by atoms with Crippen LogP contribution in [0.25, 0.3) is 10.2 Å². The molecule has 1 aliphatic carbocycles. The van der Waals surface area contributed by atoms with Gasteiger partial charge < -0.3 is 14.4 Å². The van der Waals surface area contributed by atoms with E-state index in [9.17, 15) is 13.6 Å². The average molecular weight is 432 g/mol. The van der Waals surface area contributed by atoms with E-state index >= 15 is 0 Å². The highest BCUT2D eigenvalue weighted by Gasteiger charge is 2.32. The van der Waals surface area contributed by atoms with Gasteiger partial charge in [0.15, 0.2) is 11.5 Å². The summed E-state index contributed by atoms with van der Waals surface area (Å²) in [7, 11) is 1.40. The summed E-state index contributed by atoms with van der Waals surface area (Å²) in [6, 6.07) is 13.0. The zero-order valence-electron chi connectivity index (χ0n) is 16.5. The first-order chi connectivity index (χ1) is 14.5. The molecule has 0 aliphatic heterocycles. The molecule has 1 heterocycles. The summed E-state index contributed by atoms with van der Waals surface area (Å²) < 4.78 is 35.8. The molecule has 1 aromatic heterocycles. The van der Waals surface area contributed by atoms with Crippen LogP contribution in [0.15, 0.2) is 42.5 Å². The van der Waals surface area contributed by atoms with Crippen molar-refractivity contribution in [3.63, 3.8) is 0 Å². The van der Waals surface area contributed by atoms with E-state index in [1.54, 1.807) is 23.5 Å². The maximum atomic E-state index is 12.9. The number of aromatic nitrogens is 1. The molecule has 1 saturated carbocycles. The van der Waals surface area contributed by atoms with Crippen LogP contribution in [-0.4, -0.2) is 35.6 Å². The first-order valence-electron chi connectivity index (χ1n) is 9.79. The molecular weight excluding hydrogens is 410 g/mol. The van der Waals surface area contributed by atoms with Gasteiger partial charge in [0.25, 0.3) is 0 Å². The van der Waals surface area contributed by atoms with Gasteiger partial charge in [-0.15, -0.1) is 11.3 Å². The lowest BCUT2D eigenvalue weighted by molar-refractivity contribution is -0.132. The standard InChI is InChI=1S/C22H22F2N2O3S/c1-28-18-12-14(6-9-17(18)29-22(23)24)13-26(15-7-8-15)21(27)11-10-20-25-16-4-2-3-5-19(16)30-20/h2-6,9,12,15,22H,7-8,10-11,13H2,1H3. The molecule has 3 aromatic rings. The lowest BCUT2D eigenvalue weighted by Crippen LogP contribution is -2.32. The molecule has 1 aliphatic rings. The number of hydrogen-bond donors (Lipinski definition) is 0. The van der Waals surface area contributed by atoms with Gasteiger partial charge in [0.05, 0.1) is 22.3 Å². The van der Waals surface area contributed by atoms with E-state index in [1.165, 1.54) is 13.2 Å². The SMILES string of the molecule is COc1cc(CN(C(=O)CCc2nc3ccccc3s2)C2CC2)ccc1OC(F)F. The molecule has 0 unspecified atom stereocenters. The van der Waals surface area contributed by atoms with E-state index in [1.807, 2.05) is 29.2 Å². The fraction of sp³-hybridized carbons (Fsp3) is 0.364. The van der Waals surface area contributed by atoms with Crippen LogP contribution in [0.2, 0.25) is 0 Å². The Morgan fingerprint density at radius 1 is 1.23 bits per heavy atom. The number of amides is 1. The first-order valence-corrected chi connectivity index (χ1v) is 10.6. The largest absolute Gasteiger partial charge is 0.493 e. The molecule has 0 bridgehead atoms. The Morgan fingerprint density at radius 3 is 2.73 bits per heavy atom. The summed E-state index contributed by atoms with van der Waals surface area (Å²) in [5.41, 5.74) is 1.77. The van der Waals surface area contributed by atoms with Gasteiger partial charge in [0, 0.05) is 25.4 Å². The van der Waals surface area contributed by atoms with Gasteiger partial charge in [0.1, 0.15) is 0 Å². The highest BCUT2D eigenvalue weighted by Crippen LogP contribution is 2.33. The summed E-state index contributed by atoms with van der Waals surface area (Å²) in [5, 5.41) is 0.954. The van der Waals surface area contributed by atoms with Crippen LogP contribution in [0.3, 0.4) is 0 Å². The van der Waals surface area contributed by atoms with Gasteiger partial charge >= 0.3 is 6.61 Å². The molecular formula is C22H22F2N2O3S. The van der Waals surface area contributed by atoms with E-state index in [-0.39, 0.29) is 23.4 Å².